The average Bonchev–Trinajstić information content (AvgIpc) is 2.01. The van der Waals surface area contributed by atoms with E-state index in [1.165, 1.54) is 0 Å². The first kappa shape index (κ1) is 12.3. The molecule has 0 amide bonds. The third-order valence-corrected chi connectivity index (χ3v) is 2.71. The standard InChI is InChI=1S/C6H12ClO4P/c1-3-5(7)6(8,4-2)11-12(9)10/h5,8H,3-4H2,1-2H3/p+1. The largest absolute Gasteiger partial charge is 0.697 e. The van der Waals surface area contributed by atoms with Crippen LogP contribution in [-0.2, 0) is 9.09 Å². The molecule has 0 rings (SSSR count). The van der Waals surface area contributed by atoms with E-state index in [1.54, 1.807) is 13.8 Å². The number of aliphatic hydroxyl groups is 1. The molecule has 0 aliphatic rings. The fourth-order valence-electron chi connectivity index (χ4n) is 0.797. The van der Waals surface area contributed by atoms with Crippen LogP contribution in [0.2, 0.25) is 0 Å². The van der Waals surface area contributed by atoms with Crippen LogP contribution in [-0.4, -0.2) is 21.2 Å². The molecular formula is C6H13ClO4P+. The van der Waals surface area contributed by atoms with Crippen LogP contribution in [0.5, 0.6) is 0 Å². The predicted octanol–water partition coefficient (Wildman–Crippen LogP) is 1.77. The van der Waals surface area contributed by atoms with Gasteiger partial charge in [-0.05, 0) is 6.42 Å². The van der Waals surface area contributed by atoms with E-state index in [-0.39, 0.29) is 6.42 Å². The van der Waals surface area contributed by atoms with Crippen LogP contribution in [0.3, 0.4) is 0 Å². The minimum atomic E-state index is -2.82. The second-order valence-corrected chi connectivity index (χ2v) is 3.59. The van der Waals surface area contributed by atoms with Gasteiger partial charge in [-0.15, -0.1) is 16.5 Å². The highest BCUT2D eigenvalue weighted by molar-refractivity contribution is 7.32. The number of rotatable bonds is 5. The van der Waals surface area contributed by atoms with Gasteiger partial charge in [0.1, 0.15) is 0 Å². The van der Waals surface area contributed by atoms with Crippen molar-refractivity contribution in [2.24, 2.45) is 0 Å². The Bertz CT molecular complexity index is 166. The molecule has 3 atom stereocenters. The predicted molar refractivity (Wildman–Crippen MR) is 46.1 cm³/mol. The Kier molecular flexibility index (Phi) is 5.21. The van der Waals surface area contributed by atoms with Crippen molar-refractivity contribution in [1.29, 1.82) is 0 Å². The Hall–Kier alpha value is 0.270. The first-order chi connectivity index (χ1) is 5.46. The molecule has 0 fully saturated rings. The van der Waals surface area contributed by atoms with Crippen molar-refractivity contribution < 1.29 is 19.1 Å². The molecule has 0 aliphatic heterocycles. The summed E-state index contributed by atoms with van der Waals surface area (Å²) in [6.07, 6.45) is 0.645. The van der Waals surface area contributed by atoms with Gasteiger partial charge in [-0.3, -0.25) is 0 Å². The van der Waals surface area contributed by atoms with E-state index in [4.69, 9.17) is 16.5 Å². The first-order valence-corrected chi connectivity index (χ1v) is 5.24. The van der Waals surface area contributed by atoms with Crippen LogP contribution in [0.4, 0.5) is 0 Å². The topological polar surface area (TPSA) is 66.8 Å². The maximum atomic E-state index is 10.3. The molecule has 3 unspecified atom stereocenters. The maximum absolute atomic E-state index is 10.3. The van der Waals surface area contributed by atoms with Gasteiger partial charge in [-0.25, -0.2) is 0 Å². The van der Waals surface area contributed by atoms with E-state index < -0.39 is 19.4 Å². The highest BCUT2D eigenvalue weighted by Crippen LogP contribution is 2.33. The number of alkyl halides is 1. The lowest BCUT2D eigenvalue weighted by molar-refractivity contribution is -0.142. The Morgan fingerprint density at radius 1 is 1.67 bits per heavy atom. The van der Waals surface area contributed by atoms with Gasteiger partial charge in [0, 0.05) is 11.0 Å². The second-order valence-electron chi connectivity index (χ2n) is 2.40. The van der Waals surface area contributed by atoms with Crippen LogP contribution in [0.25, 0.3) is 0 Å². The van der Waals surface area contributed by atoms with Crippen LogP contribution >= 0.6 is 19.9 Å². The van der Waals surface area contributed by atoms with Crippen molar-refractivity contribution in [1.82, 2.24) is 0 Å². The van der Waals surface area contributed by atoms with Gasteiger partial charge in [0.25, 0.3) is 0 Å². The molecule has 6 heteroatoms. The normalized spacial score (nSPS) is 19.9. The summed E-state index contributed by atoms with van der Waals surface area (Å²) in [5.74, 6) is -1.70. The molecule has 0 radical (unpaired) electrons. The van der Waals surface area contributed by atoms with Crippen LogP contribution in [0, 0.1) is 0 Å². The van der Waals surface area contributed by atoms with Gasteiger partial charge in [-0.2, -0.15) is 0 Å². The Labute approximate surface area is 77.4 Å². The first-order valence-electron chi connectivity index (χ1n) is 3.68. The molecule has 12 heavy (non-hydrogen) atoms. The molecule has 0 aliphatic carbocycles. The van der Waals surface area contributed by atoms with Crippen molar-refractivity contribution in [3.05, 3.63) is 0 Å². The molecule has 0 saturated heterocycles. The lowest BCUT2D eigenvalue weighted by Crippen LogP contribution is -2.39. The lowest BCUT2D eigenvalue weighted by atomic mass is 10.1. The van der Waals surface area contributed by atoms with E-state index >= 15 is 0 Å². The van der Waals surface area contributed by atoms with Crippen LogP contribution < -0.4 is 0 Å². The molecule has 0 heterocycles. The molecule has 0 aromatic rings. The summed E-state index contributed by atoms with van der Waals surface area (Å²) in [6.45, 7) is 3.38. The van der Waals surface area contributed by atoms with Crippen molar-refractivity contribution >= 4 is 19.9 Å². The monoisotopic (exact) mass is 215 g/mol. The highest BCUT2D eigenvalue weighted by Gasteiger charge is 2.42. The fraction of sp³-hybridized carbons (Fsp3) is 1.00. The third kappa shape index (κ3) is 3.33. The molecular weight excluding hydrogens is 202 g/mol. The maximum Gasteiger partial charge on any atom is 0.697 e. The molecule has 0 spiro atoms. The van der Waals surface area contributed by atoms with Gasteiger partial charge in [-0.1, -0.05) is 18.4 Å². The van der Waals surface area contributed by atoms with Crippen LogP contribution in [0.15, 0.2) is 0 Å². The number of hydrogen-bond donors (Lipinski definition) is 2. The number of hydrogen-bond acceptors (Lipinski definition) is 3. The van der Waals surface area contributed by atoms with Gasteiger partial charge < -0.3 is 5.11 Å². The van der Waals surface area contributed by atoms with Gasteiger partial charge in [0.05, 0.1) is 5.38 Å². The highest BCUT2D eigenvalue weighted by atomic mass is 35.5. The summed E-state index contributed by atoms with van der Waals surface area (Å²) < 4.78 is 14.7. The zero-order valence-electron chi connectivity index (χ0n) is 7.03. The fourth-order valence-corrected chi connectivity index (χ4v) is 1.59. The lowest BCUT2D eigenvalue weighted by Gasteiger charge is -2.23. The van der Waals surface area contributed by atoms with E-state index in [2.05, 4.69) is 4.52 Å². The Morgan fingerprint density at radius 2 is 2.17 bits per heavy atom. The van der Waals surface area contributed by atoms with E-state index in [1.807, 2.05) is 0 Å². The minimum absolute atomic E-state index is 0.177. The van der Waals surface area contributed by atoms with Crippen molar-refractivity contribution in [2.45, 2.75) is 37.9 Å². The summed E-state index contributed by atoms with van der Waals surface area (Å²) in [5, 5.41) is 8.89. The number of halogens is 1. The molecule has 2 N–H and O–H groups in total. The van der Waals surface area contributed by atoms with E-state index in [0.29, 0.717) is 6.42 Å². The minimum Gasteiger partial charge on any atom is -0.361 e. The summed E-state index contributed by atoms with van der Waals surface area (Å²) in [6, 6.07) is 0. The summed E-state index contributed by atoms with van der Waals surface area (Å²) >= 11 is 5.70. The third-order valence-electron chi connectivity index (χ3n) is 1.59. The molecule has 72 valence electrons. The van der Waals surface area contributed by atoms with Crippen molar-refractivity contribution in [3.63, 3.8) is 0 Å². The molecule has 0 aromatic heterocycles. The zero-order chi connectivity index (χ0) is 9.78. The van der Waals surface area contributed by atoms with Crippen molar-refractivity contribution in [3.8, 4) is 0 Å². The van der Waals surface area contributed by atoms with E-state index in [0.717, 1.165) is 0 Å². The summed E-state index contributed by atoms with van der Waals surface area (Å²) in [7, 11) is -2.82. The molecule has 0 bridgehead atoms. The molecule has 4 nitrogen and oxygen atoms in total. The average molecular weight is 216 g/mol. The quantitative estimate of drug-likeness (QED) is 0.417. The van der Waals surface area contributed by atoms with Gasteiger partial charge in [0.15, 0.2) is 0 Å². The Morgan fingerprint density at radius 3 is 2.42 bits per heavy atom. The summed E-state index contributed by atoms with van der Waals surface area (Å²) in [4.78, 5) is 8.43. The van der Waals surface area contributed by atoms with Crippen LogP contribution in [0.1, 0.15) is 26.7 Å². The molecule has 0 saturated carbocycles. The SMILES string of the molecule is CCC(Cl)C(O)(CC)O[P+](=O)O. The summed E-state index contributed by atoms with van der Waals surface area (Å²) in [5.41, 5.74) is 0. The van der Waals surface area contributed by atoms with Gasteiger partial charge in [0.2, 0.25) is 5.79 Å². The smallest absolute Gasteiger partial charge is 0.361 e. The van der Waals surface area contributed by atoms with Gasteiger partial charge >= 0.3 is 8.25 Å². The van der Waals surface area contributed by atoms with Crippen molar-refractivity contribution in [2.75, 3.05) is 0 Å². The zero-order valence-corrected chi connectivity index (χ0v) is 8.68. The Balaban J connectivity index is 4.32. The molecule has 0 aromatic carbocycles. The van der Waals surface area contributed by atoms with E-state index in [9.17, 15) is 9.67 Å². The second kappa shape index (κ2) is 5.10.